The molecule has 1 aliphatic heterocycles. The highest BCUT2D eigenvalue weighted by atomic mass is 32.2. The van der Waals surface area contributed by atoms with Crippen molar-refractivity contribution in [3.8, 4) is 6.07 Å². The lowest BCUT2D eigenvalue weighted by Gasteiger charge is -2.37. The van der Waals surface area contributed by atoms with Gasteiger partial charge in [-0.2, -0.15) is 9.57 Å². The zero-order valence-corrected chi connectivity index (χ0v) is 10.7. The molecule has 0 aromatic rings. The summed E-state index contributed by atoms with van der Waals surface area (Å²) >= 11 is 0. The van der Waals surface area contributed by atoms with E-state index in [0.717, 1.165) is 0 Å². The average Bonchev–Trinajstić information content (AvgIpc) is 2.17. The number of morpholine rings is 1. The predicted octanol–water partition coefficient (Wildman–Crippen LogP) is 0.729. The molecular weight excluding hydrogens is 228 g/mol. The number of sulfonamides is 1. The lowest BCUT2D eigenvalue weighted by molar-refractivity contribution is -0.0641. The number of nitrogens with zero attached hydrogens (tertiary/aromatic N) is 2. The van der Waals surface area contributed by atoms with E-state index in [1.54, 1.807) is 6.92 Å². The summed E-state index contributed by atoms with van der Waals surface area (Å²) in [6.45, 7) is 6.44. The molecule has 0 amide bonds. The molecule has 0 bridgehead atoms. The van der Waals surface area contributed by atoms with Crippen LogP contribution in [0.2, 0.25) is 0 Å². The van der Waals surface area contributed by atoms with Crippen LogP contribution in [0.1, 0.15) is 27.2 Å². The second-order valence-corrected chi connectivity index (χ2v) is 6.63. The fourth-order valence-corrected chi connectivity index (χ4v) is 3.47. The molecule has 1 saturated heterocycles. The normalized spacial score (nSPS) is 23.6. The van der Waals surface area contributed by atoms with Crippen LogP contribution in [0.4, 0.5) is 0 Å². The van der Waals surface area contributed by atoms with Gasteiger partial charge in [0, 0.05) is 13.1 Å². The average molecular weight is 246 g/mol. The van der Waals surface area contributed by atoms with Crippen molar-refractivity contribution in [2.45, 2.75) is 38.0 Å². The minimum Gasteiger partial charge on any atom is -0.373 e. The number of ether oxygens (including phenoxy) is 1. The summed E-state index contributed by atoms with van der Waals surface area (Å²) in [6, 6.07) is 1.85. The molecule has 6 heteroatoms. The van der Waals surface area contributed by atoms with Crippen molar-refractivity contribution < 1.29 is 13.2 Å². The van der Waals surface area contributed by atoms with E-state index >= 15 is 0 Å². The zero-order valence-electron chi connectivity index (χ0n) is 9.93. The van der Waals surface area contributed by atoms with Crippen molar-refractivity contribution in [2.75, 3.05) is 19.7 Å². The fraction of sp³-hybridized carbons (Fsp3) is 0.900. The summed E-state index contributed by atoms with van der Waals surface area (Å²) in [5.41, 5.74) is -0.473. The number of hydrogen-bond acceptors (Lipinski definition) is 4. The minimum atomic E-state index is -3.50. The van der Waals surface area contributed by atoms with Crippen LogP contribution in [0, 0.1) is 11.3 Å². The molecule has 0 radical (unpaired) electrons. The van der Waals surface area contributed by atoms with E-state index in [0.29, 0.717) is 26.1 Å². The van der Waals surface area contributed by atoms with Crippen LogP contribution >= 0.6 is 0 Å². The Morgan fingerprint density at radius 3 is 2.62 bits per heavy atom. The molecule has 5 nitrogen and oxygen atoms in total. The minimum absolute atomic E-state index is 0.313. The van der Waals surface area contributed by atoms with Gasteiger partial charge in [0.15, 0.2) is 5.25 Å². The molecule has 0 spiro atoms. The summed E-state index contributed by atoms with van der Waals surface area (Å²) in [5.74, 6) is 0. The number of hydrogen-bond donors (Lipinski definition) is 0. The van der Waals surface area contributed by atoms with Crippen LogP contribution in [0.15, 0.2) is 0 Å². The predicted molar refractivity (Wildman–Crippen MR) is 60.2 cm³/mol. The number of nitriles is 1. The summed E-state index contributed by atoms with van der Waals surface area (Å²) in [5, 5.41) is 7.89. The Kier molecular flexibility index (Phi) is 3.94. The first-order chi connectivity index (χ1) is 7.33. The van der Waals surface area contributed by atoms with Gasteiger partial charge in [-0.15, -0.1) is 0 Å². The van der Waals surface area contributed by atoms with E-state index < -0.39 is 20.9 Å². The molecule has 0 N–H and O–H groups in total. The highest BCUT2D eigenvalue weighted by Crippen LogP contribution is 2.21. The molecule has 16 heavy (non-hydrogen) atoms. The van der Waals surface area contributed by atoms with Crippen LogP contribution in [-0.4, -0.2) is 43.3 Å². The molecule has 0 aromatic heterocycles. The van der Waals surface area contributed by atoms with E-state index in [4.69, 9.17) is 10.00 Å². The summed E-state index contributed by atoms with van der Waals surface area (Å²) in [7, 11) is -3.50. The third-order valence-corrected chi connectivity index (χ3v) is 4.81. The summed E-state index contributed by atoms with van der Waals surface area (Å²) in [6.07, 6.45) is 0.316. The maximum absolute atomic E-state index is 12.1. The van der Waals surface area contributed by atoms with Crippen LogP contribution < -0.4 is 0 Å². The lowest BCUT2D eigenvalue weighted by atomic mass is 10.1. The standard InChI is InChI=1S/C10H18N2O3S/c1-4-9(7-11)16(13,14)12-5-6-15-10(2,3)8-12/h9H,4-6,8H2,1-3H3. The van der Waals surface area contributed by atoms with Crippen molar-refractivity contribution in [3.63, 3.8) is 0 Å². The van der Waals surface area contributed by atoms with Gasteiger partial charge < -0.3 is 4.74 Å². The van der Waals surface area contributed by atoms with E-state index in [-0.39, 0.29) is 0 Å². The monoisotopic (exact) mass is 246 g/mol. The molecule has 1 unspecified atom stereocenters. The first-order valence-corrected chi connectivity index (χ1v) is 6.86. The van der Waals surface area contributed by atoms with Crippen molar-refractivity contribution in [2.24, 2.45) is 0 Å². The second kappa shape index (κ2) is 4.70. The highest BCUT2D eigenvalue weighted by molar-refractivity contribution is 7.90. The summed E-state index contributed by atoms with van der Waals surface area (Å²) in [4.78, 5) is 0. The smallest absolute Gasteiger partial charge is 0.230 e. The van der Waals surface area contributed by atoms with Gasteiger partial charge in [0.05, 0.1) is 18.3 Å². The molecule has 1 fully saturated rings. The SMILES string of the molecule is CCC(C#N)S(=O)(=O)N1CCOC(C)(C)C1. The number of rotatable bonds is 3. The fourth-order valence-electron chi connectivity index (χ4n) is 1.74. The zero-order chi connectivity index (χ0) is 12.4. The Bertz CT molecular complexity index is 383. The topological polar surface area (TPSA) is 70.4 Å². The van der Waals surface area contributed by atoms with Crippen molar-refractivity contribution in [1.82, 2.24) is 4.31 Å². The first kappa shape index (κ1) is 13.4. The van der Waals surface area contributed by atoms with Gasteiger partial charge in [-0.25, -0.2) is 8.42 Å². The van der Waals surface area contributed by atoms with Crippen LogP contribution in [0.25, 0.3) is 0 Å². The Hall–Kier alpha value is -0.640. The maximum Gasteiger partial charge on any atom is 0.230 e. The largest absolute Gasteiger partial charge is 0.373 e. The molecule has 0 aromatic carbocycles. The van der Waals surface area contributed by atoms with Gasteiger partial charge in [-0.3, -0.25) is 0 Å². The molecule has 1 aliphatic rings. The van der Waals surface area contributed by atoms with Crippen molar-refractivity contribution in [1.29, 1.82) is 5.26 Å². The second-order valence-electron chi connectivity index (χ2n) is 4.51. The molecule has 0 aliphatic carbocycles. The van der Waals surface area contributed by atoms with Crippen LogP contribution in [-0.2, 0) is 14.8 Å². The summed E-state index contributed by atoms with van der Waals surface area (Å²) < 4.78 is 31.0. The Balaban J connectivity index is 2.89. The van der Waals surface area contributed by atoms with E-state index in [2.05, 4.69) is 0 Å². The molecule has 1 heterocycles. The molecule has 1 atom stereocenters. The van der Waals surface area contributed by atoms with E-state index in [9.17, 15) is 8.42 Å². The van der Waals surface area contributed by atoms with E-state index in [1.165, 1.54) is 4.31 Å². The van der Waals surface area contributed by atoms with Gasteiger partial charge in [0.25, 0.3) is 0 Å². The third kappa shape index (κ3) is 2.73. The van der Waals surface area contributed by atoms with Gasteiger partial charge in [-0.1, -0.05) is 6.92 Å². The molecule has 92 valence electrons. The van der Waals surface area contributed by atoms with Gasteiger partial charge >= 0.3 is 0 Å². The highest BCUT2D eigenvalue weighted by Gasteiger charge is 2.37. The van der Waals surface area contributed by atoms with Crippen LogP contribution in [0.5, 0.6) is 0 Å². The quantitative estimate of drug-likeness (QED) is 0.736. The van der Waals surface area contributed by atoms with E-state index in [1.807, 2.05) is 19.9 Å². The Morgan fingerprint density at radius 1 is 1.56 bits per heavy atom. The van der Waals surface area contributed by atoms with Gasteiger partial charge in [-0.05, 0) is 20.3 Å². The Labute approximate surface area is 97.0 Å². The van der Waals surface area contributed by atoms with Crippen molar-refractivity contribution in [3.05, 3.63) is 0 Å². The molecule has 0 saturated carbocycles. The third-order valence-electron chi connectivity index (χ3n) is 2.62. The molecular formula is C10H18N2O3S. The van der Waals surface area contributed by atoms with Crippen LogP contribution in [0.3, 0.4) is 0 Å². The van der Waals surface area contributed by atoms with Gasteiger partial charge in [0.2, 0.25) is 10.0 Å². The molecule has 1 rings (SSSR count). The lowest BCUT2D eigenvalue weighted by Crippen LogP contribution is -2.52. The van der Waals surface area contributed by atoms with Crippen molar-refractivity contribution >= 4 is 10.0 Å². The first-order valence-electron chi connectivity index (χ1n) is 5.36. The Morgan fingerprint density at radius 2 is 2.19 bits per heavy atom. The maximum atomic E-state index is 12.1. The van der Waals surface area contributed by atoms with Gasteiger partial charge in [0.1, 0.15) is 0 Å².